The van der Waals surface area contributed by atoms with Crippen LogP contribution in [0.5, 0.6) is 0 Å². The van der Waals surface area contributed by atoms with Gasteiger partial charge >= 0.3 is 6.18 Å². The largest absolute Gasteiger partial charge is 0.418 e. The van der Waals surface area contributed by atoms with E-state index in [0.717, 1.165) is 36.2 Å². The van der Waals surface area contributed by atoms with E-state index in [1.165, 1.54) is 18.6 Å². The van der Waals surface area contributed by atoms with E-state index in [1.807, 2.05) is 42.7 Å². The molecule has 4 aromatic rings. The molecule has 1 aliphatic rings. The Morgan fingerprint density at radius 3 is 2.54 bits per heavy atom. The van der Waals surface area contributed by atoms with Gasteiger partial charge in [-0.3, -0.25) is 4.98 Å². The quantitative estimate of drug-likeness (QED) is 0.376. The lowest BCUT2D eigenvalue weighted by Crippen LogP contribution is -2.32. The van der Waals surface area contributed by atoms with Gasteiger partial charge in [0.1, 0.15) is 23.1 Å². The fourth-order valence-corrected chi connectivity index (χ4v) is 5.64. The summed E-state index contributed by atoms with van der Waals surface area (Å²) in [7, 11) is 2.84. The van der Waals surface area contributed by atoms with Crippen molar-refractivity contribution < 1.29 is 17.4 Å². The molecule has 1 fully saturated rings. The van der Waals surface area contributed by atoms with E-state index < -0.39 is 22.7 Å². The summed E-state index contributed by atoms with van der Waals surface area (Å²) >= 11 is 0. The minimum Gasteiger partial charge on any atom is -0.340 e. The third kappa shape index (κ3) is 5.34. The number of nitrogens with one attached hydrogen (secondary N) is 1. The summed E-state index contributed by atoms with van der Waals surface area (Å²) in [6.45, 7) is 1.55. The molecule has 2 aromatic heterocycles. The zero-order valence-electron chi connectivity index (χ0n) is 20.2. The van der Waals surface area contributed by atoms with Crippen LogP contribution in [0.1, 0.15) is 12.0 Å². The molecule has 0 amide bonds. The first-order chi connectivity index (χ1) is 17.7. The highest BCUT2D eigenvalue weighted by Crippen LogP contribution is 2.37. The number of hydrogen-bond donors (Lipinski definition) is 1. The molecule has 1 N–H and O–H groups in total. The van der Waals surface area contributed by atoms with Gasteiger partial charge < -0.3 is 10.2 Å². The molecular weight excluding hydrogens is 501 g/mol. The van der Waals surface area contributed by atoms with E-state index in [1.54, 1.807) is 18.2 Å². The third-order valence-electron chi connectivity index (χ3n) is 6.43. The zero-order chi connectivity index (χ0) is 26.2. The van der Waals surface area contributed by atoms with E-state index in [-0.39, 0.29) is 5.69 Å². The highest BCUT2D eigenvalue weighted by Gasteiger charge is 2.34. The monoisotopic (exact) mass is 526 g/mol. The lowest BCUT2D eigenvalue weighted by atomic mass is 10.0. The van der Waals surface area contributed by atoms with Gasteiger partial charge in [0.15, 0.2) is 0 Å². The number of halogens is 3. The molecule has 0 spiro atoms. The third-order valence-corrected chi connectivity index (χ3v) is 7.91. The molecule has 3 heterocycles. The molecule has 2 aromatic carbocycles. The Hall–Kier alpha value is -3.41. The van der Waals surface area contributed by atoms with Gasteiger partial charge in [-0.25, -0.2) is 18.5 Å². The van der Waals surface area contributed by atoms with Gasteiger partial charge in [-0.1, -0.05) is 6.07 Å². The Bertz CT molecular complexity index is 1440. The lowest BCUT2D eigenvalue weighted by Gasteiger charge is -2.19. The number of aromatic nitrogens is 3. The molecule has 2 atom stereocenters. The highest BCUT2D eigenvalue weighted by atomic mass is 32.2. The number of hydrogen-bond acceptors (Lipinski definition) is 6. The summed E-state index contributed by atoms with van der Waals surface area (Å²) in [5.74, 6) is 0.510. The molecular formula is C26H25F3N6OS. The molecule has 0 aliphatic carbocycles. The average Bonchev–Trinajstić information content (AvgIpc) is 3.39. The summed E-state index contributed by atoms with van der Waals surface area (Å²) in [5.41, 5.74) is 0.585. The molecule has 0 bridgehead atoms. The van der Waals surface area contributed by atoms with Crippen LogP contribution in [0.4, 0.5) is 24.7 Å². The Kier molecular flexibility index (Phi) is 6.93. The molecule has 5 rings (SSSR count). The van der Waals surface area contributed by atoms with Crippen molar-refractivity contribution in [3.8, 4) is 11.3 Å². The second kappa shape index (κ2) is 10.2. The van der Waals surface area contributed by atoms with Crippen LogP contribution < -0.4 is 5.32 Å². The minimum absolute atomic E-state index is 0.150. The first kappa shape index (κ1) is 25.2. The van der Waals surface area contributed by atoms with Crippen molar-refractivity contribution in [2.24, 2.45) is 0 Å². The van der Waals surface area contributed by atoms with Gasteiger partial charge in [0.2, 0.25) is 0 Å². The van der Waals surface area contributed by atoms with Crippen molar-refractivity contribution in [2.75, 3.05) is 32.5 Å². The number of rotatable bonds is 6. The first-order valence-electron chi connectivity index (χ1n) is 11.7. The Labute approximate surface area is 215 Å². The molecule has 1 saturated heterocycles. The predicted molar refractivity (Wildman–Crippen MR) is 138 cm³/mol. The molecule has 37 heavy (non-hydrogen) atoms. The number of pyridine rings is 1. The van der Waals surface area contributed by atoms with Gasteiger partial charge in [0, 0.05) is 42.0 Å². The van der Waals surface area contributed by atoms with E-state index in [2.05, 4.69) is 25.2 Å². The van der Waals surface area contributed by atoms with Crippen molar-refractivity contribution in [1.82, 2.24) is 24.2 Å². The van der Waals surface area contributed by atoms with Crippen LogP contribution in [0, 0.1) is 0 Å². The van der Waals surface area contributed by atoms with Crippen LogP contribution in [0.15, 0.2) is 72.0 Å². The maximum atomic E-state index is 13.5. The summed E-state index contributed by atoms with van der Waals surface area (Å²) in [6.07, 6.45) is -0.841. The summed E-state index contributed by atoms with van der Waals surface area (Å²) in [6, 6.07) is 14.8. The minimum atomic E-state index is -4.52. The van der Waals surface area contributed by atoms with Crippen molar-refractivity contribution in [1.29, 1.82) is 0 Å². The van der Waals surface area contributed by atoms with Gasteiger partial charge in [-0.15, -0.1) is 0 Å². The molecule has 2 unspecified atom stereocenters. The van der Waals surface area contributed by atoms with E-state index in [0.29, 0.717) is 28.3 Å². The number of benzene rings is 2. The summed E-state index contributed by atoms with van der Waals surface area (Å²) in [4.78, 5) is 15.4. The first-order valence-corrected chi connectivity index (χ1v) is 12.8. The van der Waals surface area contributed by atoms with Crippen LogP contribution in [-0.4, -0.2) is 61.6 Å². The van der Waals surface area contributed by atoms with Crippen molar-refractivity contribution in [2.45, 2.75) is 23.5 Å². The van der Waals surface area contributed by atoms with Gasteiger partial charge in [0.25, 0.3) is 0 Å². The molecule has 7 nitrogen and oxygen atoms in total. The van der Waals surface area contributed by atoms with E-state index >= 15 is 0 Å². The van der Waals surface area contributed by atoms with Crippen LogP contribution in [0.25, 0.3) is 22.2 Å². The number of fused-ring (bicyclic) bond motifs is 1. The Morgan fingerprint density at radius 2 is 1.84 bits per heavy atom. The zero-order valence-corrected chi connectivity index (χ0v) is 21.1. The SMILES string of the molecule is CN(C)C1CCN(S(=O)c2ccc(Nc3ncnc4cc(-c5ncccc5C(F)(F)F)ccc34)cc2)C1. The van der Waals surface area contributed by atoms with Crippen molar-refractivity contribution in [3.05, 3.63) is 72.7 Å². The normalized spacial score (nSPS) is 17.4. The predicted octanol–water partition coefficient (Wildman–Crippen LogP) is 5.11. The van der Waals surface area contributed by atoms with Crippen molar-refractivity contribution >= 4 is 33.4 Å². The smallest absolute Gasteiger partial charge is 0.340 e. The molecule has 1 aliphatic heterocycles. The van der Waals surface area contributed by atoms with Crippen LogP contribution in [0.2, 0.25) is 0 Å². The van der Waals surface area contributed by atoms with Gasteiger partial charge in [-0.05, 0) is 69.0 Å². The van der Waals surface area contributed by atoms with Crippen LogP contribution in [-0.2, 0) is 17.2 Å². The van der Waals surface area contributed by atoms with Crippen molar-refractivity contribution in [3.63, 3.8) is 0 Å². The van der Waals surface area contributed by atoms with E-state index in [9.17, 15) is 17.4 Å². The second-order valence-corrected chi connectivity index (χ2v) is 10.5. The van der Waals surface area contributed by atoms with Crippen LogP contribution >= 0.6 is 0 Å². The topological polar surface area (TPSA) is 74.2 Å². The highest BCUT2D eigenvalue weighted by molar-refractivity contribution is 7.82. The Balaban J connectivity index is 1.36. The standard InChI is InChI=1S/C26H25F3N6OS/c1-34(2)19-11-13-35(15-19)37(36)20-8-6-18(7-9-20)33-25-21-10-5-17(14-23(21)31-16-32-25)24-22(26(27,28)29)4-3-12-30-24/h3-10,12,14,16,19H,11,13,15H2,1-2H3,(H,31,32,33). The second-order valence-electron chi connectivity index (χ2n) is 9.04. The number of alkyl halides is 3. The number of nitrogens with zero attached hydrogens (tertiary/aromatic N) is 5. The molecule has 11 heteroatoms. The van der Waals surface area contributed by atoms with Crippen LogP contribution in [0.3, 0.4) is 0 Å². The fraction of sp³-hybridized carbons (Fsp3) is 0.269. The average molecular weight is 527 g/mol. The van der Waals surface area contributed by atoms with E-state index in [4.69, 9.17) is 0 Å². The Morgan fingerprint density at radius 1 is 1.05 bits per heavy atom. The maximum absolute atomic E-state index is 13.5. The summed E-state index contributed by atoms with van der Waals surface area (Å²) < 4.78 is 55.4. The molecule has 0 radical (unpaired) electrons. The number of anilines is 2. The molecule has 192 valence electrons. The lowest BCUT2D eigenvalue weighted by molar-refractivity contribution is -0.137. The van der Waals surface area contributed by atoms with Gasteiger partial charge in [0.05, 0.1) is 21.7 Å². The maximum Gasteiger partial charge on any atom is 0.418 e. The fourth-order valence-electron chi connectivity index (χ4n) is 4.39. The summed E-state index contributed by atoms with van der Waals surface area (Å²) in [5, 5.41) is 3.88. The molecule has 0 saturated carbocycles. The number of likely N-dealkylation sites (N-methyl/N-ethyl adjacent to an activating group) is 1. The van der Waals surface area contributed by atoms with Gasteiger partial charge in [-0.2, -0.15) is 13.2 Å².